The van der Waals surface area contributed by atoms with Crippen LogP contribution in [-0.2, 0) is 11.2 Å². The molecule has 5 nitrogen and oxygen atoms in total. The van der Waals surface area contributed by atoms with Crippen molar-refractivity contribution in [3.8, 4) is 5.75 Å². The molecule has 0 spiro atoms. The molecule has 1 aromatic carbocycles. The minimum absolute atomic E-state index is 0.0807. The van der Waals surface area contributed by atoms with Crippen LogP contribution in [0.25, 0.3) is 0 Å². The molecule has 0 fully saturated rings. The maximum Gasteiger partial charge on any atom is 0.339 e. The molecule has 0 aromatic heterocycles. The van der Waals surface area contributed by atoms with Crippen LogP contribution in [0.3, 0.4) is 0 Å². The third-order valence-electron chi connectivity index (χ3n) is 2.39. The molecule has 0 unspecified atom stereocenters. The Kier molecular flexibility index (Phi) is 5.36. The van der Waals surface area contributed by atoms with Gasteiger partial charge in [-0.05, 0) is 38.5 Å². The molecular formula is C14H19NO4. The molecule has 104 valence electrons. The summed E-state index contributed by atoms with van der Waals surface area (Å²) in [5.74, 6) is -0.841. The molecule has 1 rings (SSSR count). The second kappa shape index (κ2) is 6.78. The van der Waals surface area contributed by atoms with Crippen LogP contribution in [0.4, 0.5) is 0 Å². The van der Waals surface area contributed by atoms with Crippen molar-refractivity contribution in [3.05, 3.63) is 29.3 Å². The second-order valence-corrected chi connectivity index (χ2v) is 4.47. The van der Waals surface area contributed by atoms with Crippen molar-refractivity contribution < 1.29 is 19.4 Å². The monoisotopic (exact) mass is 265 g/mol. The Hall–Kier alpha value is -2.04. The lowest BCUT2D eigenvalue weighted by atomic mass is 10.1. The summed E-state index contributed by atoms with van der Waals surface area (Å²) in [5.41, 5.74) is 0.835. The van der Waals surface area contributed by atoms with Crippen molar-refractivity contribution in [1.29, 1.82) is 0 Å². The number of ether oxygens (including phenoxy) is 1. The van der Waals surface area contributed by atoms with E-state index in [1.165, 1.54) is 6.07 Å². The van der Waals surface area contributed by atoms with Crippen LogP contribution in [0.15, 0.2) is 18.2 Å². The number of carbonyl (C=O) groups excluding carboxylic acids is 1. The fourth-order valence-electron chi connectivity index (χ4n) is 1.69. The number of hydrogen-bond acceptors (Lipinski definition) is 3. The van der Waals surface area contributed by atoms with Crippen LogP contribution in [0.2, 0.25) is 0 Å². The highest BCUT2D eigenvalue weighted by Gasteiger charge is 2.13. The number of aromatic carboxylic acids is 1. The van der Waals surface area contributed by atoms with Gasteiger partial charge < -0.3 is 15.2 Å². The van der Waals surface area contributed by atoms with Gasteiger partial charge in [-0.25, -0.2) is 4.79 Å². The minimum Gasteiger partial charge on any atom is -0.493 e. The van der Waals surface area contributed by atoms with Crippen LogP contribution in [0.1, 0.15) is 36.7 Å². The molecular weight excluding hydrogens is 246 g/mol. The summed E-state index contributed by atoms with van der Waals surface area (Å²) in [5, 5.41) is 11.8. The van der Waals surface area contributed by atoms with Gasteiger partial charge in [0.15, 0.2) is 0 Å². The lowest BCUT2D eigenvalue weighted by Gasteiger charge is -2.11. The Morgan fingerprint density at radius 3 is 2.58 bits per heavy atom. The highest BCUT2D eigenvalue weighted by molar-refractivity contribution is 5.91. The molecule has 0 aliphatic rings. The van der Waals surface area contributed by atoms with E-state index >= 15 is 0 Å². The molecule has 1 amide bonds. The number of rotatable bonds is 6. The molecule has 0 radical (unpaired) electrons. The number of carbonyl (C=O) groups is 2. The number of nitrogens with one attached hydrogen (secondary N) is 1. The van der Waals surface area contributed by atoms with E-state index in [-0.39, 0.29) is 23.9 Å². The number of carboxylic acids is 1. The van der Waals surface area contributed by atoms with Gasteiger partial charge in [0.1, 0.15) is 11.3 Å². The third kappa shape index (κ3) is 4.62. The molecule has 5 heteroatoms. The van der Waals surface area contributed by atoms with Gasteiger partial charge in [-0.3, -0.25) is 4.79 Å². The predicted molar refractivity (Wildman–Crippen MR) is 71.6 cm³/mol. The lowest BCUT2D eigenvalue weighted by Crippen LogP contribution is -2.31. The topological polar surface area (TPSA) is 75.6 Å². The van der Waals surface area contributed by atoms with E-state index in [9.17, 15) is 9.59 Å². The normalized spacial score (nSPS) is 10.3. The molecule has 0 heterocycles. The summed E-state index contributed by atoms with van der Waals surface area (Å²) in [6, 6.07) is 4.78. The summed E-state index contributed by atoms with van der Waals surface area (Å²) < 4.78 is 5.29. The van der Waals surface area contributed by atoms with Gasteiger partial charge in [-0.15, -0.1) is 0 Å². The molecule has 2 N–H and O–H groups in total. The third-order valence-corrected chi connectivity index (χ3v) is 2.39. The zero-order valence-corrected chi connectivity index (χ0v) is 11.4. The Balaban J connectivity index is 2.89. The van der Waals surface area contributed by atoms with Gasteiger partial charge in [0.05, 0.1) is 13.0 Å². The van der Waals surface area contributed by atoms with E-state index in [2.05, 4.69) is 5.32 Å². The van der Waals surface area contributed by atoms with Gasteiger partial charge in [0.25, 0.3) is 0 Å². The Morgan fingerprint density at radius 1 is 1.37 bits per heavy atom. The SMILES string of the molecule is CCOc1cc(CC(=O)NC(C)C)ccc1C(=O)O. The zero-order chi connectivity index (χ0) is 14.4. The standard InChI is InChI=1S/C14H19NO4/c1-4-19-12-7-10(5-6-11(12)14(17)18)8-13(16)15-9(2)3/h5-7,9H,4,8H2,1-3H3,(H,15,16)(H,17,18). The predicted octanol–water partition coefficient (Wildman–Crippen LogP) is 1.85. The van der Waals surface area contributed by atoms with Crippen molar-refractivity contribution in [2.75, 3.05) is 6.61 Å². The average molecular weight is 265 g/mol. The van der Waals surface area contributed by atoms with E-state index in [0.717, 1.165) is 5.56 Å². The first kappa shape index (κ1) is 15.0. The average Bonchev–Trinajstić information content (AvgIpc) is 2.27. The van der Waals surface area contributed by atoms with Gasteiger partial charge >= 0.3 is 5.97 Å². The summed E-state index contributed by atoms with van der Waals surface area (Å²) in [7, 11) is 0. The molecule has 0 atom stereocenters. The zero-order valence-electron chi connectivity index (χ0n) is 11.4. The first-order valence-electron chi connectivity index (χ1n) is 6.22. The Bertz CT molecular complexity index is 469. The molecule has 0 aliphatic heterocycles. The van der Waals surface area contributed by atoms with E-state index in [0.29, 0.717) is 12.4 Å². The molecule has 0 saturated carbocycles. The largest absolute Gasteiger partial charge is 0.493 e. The minimum atomic E-state index is -1.04. The van der Waals surface area contributed by atoms with Crippen LogP contribution in [0.5, 0.6) is 5.75 Å². The van der Waals surface area contributed by atoms with Gasteiger partial charge in [-0.1, -0.05) is 6.07 Å². The van der Waals surface area contributed by atoms with Crippen molar-refractivity contribution >= 4 is 11.9 Å². The Morgan fingerprint density at radius 2 is 2.05 bits per heavy atom. The summed E-state index contributed by atoms with van der Waals surface area (Å²) in [6.07, 6.45) is 0.207. The number of carboxylic acid groups (broad SMARTS) is 1. The maximum atomic E-state index is 11.6. The van der Waals surface area contributed by atoms with Gasteiger partial charge in [0.2, 0.25) is 5.91 Å². The lowest BCUT2D eigenvalue weighted by molar-refractivity contribution is -0.120. The summed E-state index contributed by atoms with van der Waals surface area (Å²) in [6.45, 7) is 5.93. The first-order valence-corrected chi connectivity index (χ1v) is 6.22. The smallest absolute Gasteiger partial charge is 0.339 e. The quantitative estimate of drug-likeness (QED) is 0.823. The number of hydrogen-bond donors (Lipinski definition) is 2. The highest BCUT2D eigenvalue weighted by Crippen LogP contribution is 2.21. The number of amides is 1. The second-order valence-electron chi connectivity index (χ2n) is 4.47. The molecule has 19 heavy (non-hydrogen) atoms. The van der Waals surface area contributed by atoms with Crippen LogP contribution in [0, 0.1) is 0 Å². The first-order chi connectivity index (χ1) is 8.93. The molecule has 0 bridgehead atoms. The highest BCUT2D eigenvalue weighted by atomic mass is 16.5. The summed E-state index contributed by atoms with van der Waals surface area (Å²) in [4.78, 5) is 22.7. The number of benzene rings is 1. The van der Waals surface area contributed by atoms with E-state index in [1.807, 2.05) is 13.8 Å². The van der Waals surface area contributed by atoms with Crippen molar-refractivity contribution in [2.45, 2.75) is 33.2 Å². The van der Waals surface area contributed by atoms with E-state index in [1.54, 1.807) is 19.1 Å². The molecule has 1 aromatic rings. The fraction of sp³-hybridized carbons (Fsp3) is 0.429. The fourth-order valence-corrected chi connectivity index (χ4v) is 1.69. The van der Waals surface area contributed by atoms with E-state index < -0.39 is 5.97 Å². The van der Waals surface area contributed by atoms with Crippen molar-refractivity contribution in [3.63, 3.8) is 0 Å². The van der Waals surface area contributed by atoms with Crippen LogP contribution < -0.4 is 10.1 Å². The van der Waals surface area contributed by atoms with Crippen LogP contribution in [-0.4, -0.2) is 29.6 Å². The van der Waals surface area contributed by atoms with E-state index in [4.69, 9.17) is 9.84 Å². The van der Waals surface area contributed by atoms with Gasteiger partial charge in [0, 0.05) is 6.04 Å². The van der Waals surface area contributed by atoms with Crippen molar-refractivity contribution in [2.24, 2.45) is 0 Å². The molecule has 0 aliphatic carbocycles. The van der Waals surface area contributed by atoms with Crippen molar-refractivity contribution in [1.82, 2.24) is 5.32 Å². The van der Waals surface area contributed by atoms with Gasteiger partial charge in [-0.2, -0.15) is 0 Å². The molecule has 0 saturated heterocycles. The maximum absolute atomic E-state index is 11.6. The Labute approximate surface area is 112 Å². The summed E-state index contributed by atoms with van der Waals surface area (Å²) >= 11 is 0. The van der Waals surface area contributed by atoms with Crippen LogP contribution >= 0.6 is 0 Å².